The predicted octanol–water partition coefficient (Wildman–Crippen LogP) is 1.86. The second kappa shape index (κ2) is 8.86. The van der Waals surface area contributed by atoms with Gasteiger partial charge in [-0.15, -0.1) is 11.3 Å². The Morgan fingerprint density at radius 3 is 2.78 bits per heavy atom. The molecule has 1 aromatic heterocycles. The molecule has 0 aromatic carbocycles. The van der Waals surface area contributed by atoms with E-state index in [-0.39, 0.29) is 12.5 Å². The van der Waals surface area contributed by atoms with Crippen LogP contribution in [0.4, 0.5) is 0 Å². The van der Waals surface area contributed by atoms with Crippen LogP contribution in [0.2, 0.25) is 0 Å². The molecule has 1 aromatic rings. The minimum atomic E-state index is 0.123. The summed E-state index contributed by atoms with van der Waals surface area (Å²) >= 11 is 1.65. The van der Waals surface area contributed by atoms with Crippen molar-refractivity contribution < 1.29 is 4.79 Å². The van der Waals surface area contributed by atoms with E-state index in [1.807, 2.05) is 30.7 Å². The number of thiazole rings is 1. The first-order valence-electron chi connectivity index (χ1n) is 8.28. The van der Waals surface area contributed by atoms with Crippen LogP contribution in [0.1, 0.15) is 36.9 Å². The Labute approximate surface area is 142 Å². The van der Waals surface area contributed by atoms with E-state index in [0.717, 1.165) is 49.1 Å². The van der Waals surface area contributed by atoms with Crippen molar-refractivity contribution in [2.45, 2.75) is 39.7 Å². The smallest absolute Gasteiger partial charge is 0.244 e. The first-order valence-corrected chi connectivity index (χ1v) is 9.16. The summed E-state index contributed by atoms with van der Waals surface area (Å²) in [4.78, 5) is 25.2. The van der Waals surface area contributed by atoms with Crippen LogP contribution in [-0.4, -0.2) is 59.9 Å². The van der Waals surface area contributed by atoms with Gasteiger partial charge in [0.25, 0.3) is 0 Å². The quantitative estimate of drug-likeness (QED) is 0.658. The van der Waals surface area contributed by atoms with Crippen molar-refractivity contribution in [2.24, 2.45) is 4.99 Å². The van der Waals surface area contributed by atoms with Crippen molar-refractivity contribution in [3.8, 4) is 0 Å². The number of likely N-dealkylation sites (tertiary alicyclic amines) is 1. The van der Waals surface area contributed by atoms with Crippen molar-refractivity contribution in [2.75, 3.05) is 33.2 Å². The Morgan fingerprint density at radius 2 is 2.17 bits per heavy atom. The summed E-state index contributed by atoms with van der Waals surface area (Å²) in [6.45, 7) is 7.46. The summed E-state index contributed by atoms with van der Waals surface area (Å²) in [6, 6.07) is 0. The molecule has 0 spiro atoms. The molecule has 0 radical (unpaired) electrons. The zero-order valence-corrected chi connectivity index (χ0v) is 15.2. The van der Waals surface area contributed by atoms with Crippen LogP contribution < -0.4 is 5.32 Å². The highest BCUT2D eigenvalue weighted by Gasteiger charge is 2.16. The van der Waals surface area contributed by atoms with Crippen LogP contribution in [0, 0.1) is 6.92 Å². The minimum Gasteiger partial charge on any atom is -0.357 e. The standard InChI is InChI=1S/C16H27N5OS/c1-4-17-16(20(3)11-14-12-23-13(2)19-14)18-10-15(22)21-8-6-5-7-9-21/h12H,4-11H2,1-3H3,(H,17,18). The average molecular weight is 337 g/mol. The lowest BCUT2D eigenvalue weighted by Gasteiger charge is -2.26. The Hall–Kier alpha value is -1.63. The number of hydrogen-bond donors (Lipinski definition) is 1. The fourth-order valence-corrected chi connectivity index (χ4v) is 3.26. The van der Waals surface area contributed by atoms with Crippen molar-refractivity contribution >= 4 is 23.2 Å². The molecule has 1 amide bonds. The number of rotatable bonds is 5. The van der Waals surface area contributed by atoms with Crippen LogP contribution in [-0.2, 0) is 11.3 Å². The van der Waals surface area contributed by atoms with Crippen LogP contribution >= 0.6 is 11.3 Å². The van der Waals surface area contributed by atoms with Gasteiger partial charge in [0.15, 0.2) is 5.96 Å². The molecule has 1 N–H and O–H groups in total. The maximum atomic E-state index is 12.3. The summed E-state index contributed by atoms with van der Waals surface area (Å²) in [5.74, 6) is 0.876. The largest absolute Gasteiger partial charge is 0.357 e. The fraction of sp³-hybridized carbons (Fsp3) is 0.688. The minimum absolute atomic E-state index is 0.123. The normalized spacial score (nSPS) is 15.6. The lowest BCUT2D eigenvalue weighted by molar-refractivity contribution is -0.130. The van der Waals surface area contributed by atoms with Crippen LogP contribution in [0.3, 0.4) is 0 Å². The molecule has 2 heterocycles. The van der Waals surface area contributed by atoms with Crippen molar-refractivity contribution in [3.05, 3.63) is 16.1 Å². The van der Waals surface area contributed by atoms with Crippen LogP contribution in [0.5, 0.6) is 0 Å². The second-order valence-corrected chi connectivity index (χ2v) is 6.89. The van der Waals surface area contributed by atoms with E-state index >= 15 is 0 Å². The molecule has 2 rings (SSSR count). The van der Waals surface area contributed by atoms with Gasteiger partial charge >= 0.3 is 0 Å². The molecule has 1 fully saturated rings. The maximum absolute atomic E-state index is 12.3. The second-order valence-electron chi connectivity index (χ2n) is 5.83. The van der Waals surface area contributed by atoms with Crippen molar-refractivity contribution in [3.63, 3.8) is 0 Å². The van der Waals surface area contributed by atoms with E-state index in [9.17, 15) is 4.79 Å². The molecule has 6 nitrogen and oxygen atoms in total. The number of carbonyl (C=O) groups excluding carboxylic acids is 1. The van der Waals surface area contributed by atoms with Crippen molar-refractivity contribution in [1.29, 1.82) is 0 Å². The first-order chi connectivity index (χ1) is 11.1. The predicted molar refractivity (Wildman–Crippen MR) is 94.7 cm³/mol. The van der Waals surface area contributed by atoms with Gasteiger partial charge in [-0.25, -0.2) is 9.98 Å². The van der Waals surface area contributed by atoms with E-state index in [0.29, 0.717) is 6.54 Å². The summed E-state index contributed by atoms with van der Waals surface area (Å²) in [5.41, 5.74) is 1.03. The van der Waals surface area contributed by atoms with E-state index in [2.05, 4.69) is 20.7 Å². The zero-order valence-electron chi connectivity index (χ0n) is 14.3. The molecule has 23 heavy (non-hydrogen) atoms. The number of hydrogen-bond acceptors (Lipinski definition) is 4. The number of aromatic nitrogens is 1. The monoisotopic (exact) mass is 337 g/mol. The van der Waals surface area contributed by atoms with Crippen LogP contribution in [0.25, 0.3) is 0 Å². The van der Waals surface area contributed by atoms with E-state index in [4.69, 9.17) is 0 Å². The van der Waals surface area contributed by atoms with Crippen LogP contribution in [0.15, 0.2) is 10.4 Å². The van der Waals surface area contributed by atoms with Gasteiger partial charge in [0.2, 0.25) is 5.91 Å². The van der Waals surface area contributed by atoms with Gasteiger partial charge in [-0.05, 0) is 33.1 Å². The third kappa shape index (κ3) is 5.49. The molecule has 0 bridgehead atoms. The molecule has 128 valence electrons. The van der Waals surface area contributed by atoms with Gasteiger partial charge in [0.1, 0.15) is 6.54 Å². The summed E-state index contributed by atoms with van der Waals surface area (Å²) < 4.78 is 0. The molecular formula is C16H27N5OS. The lowest BCUT2D eigenvalue weighted by atomic mass is 10.1. The SMILES string of the molecule is CCNC(=NCC(=O)N1CCCCC1)N(C)Cc1csc(C)n1. The summed E-state index contributed by atoms with van der Waals surface area (Å²) in [6.07, 6.45) is 3.45. The maximum Gasteiger partial charge on any atom is 0.244 e. The zero-order chi connectivity index (χ0) is 16.7. The molecule has 0 aliphatic carbocycles. The van der Waals surface area contributed by atoms with Gasteiger partial charge < -0.3 is 15.1 Å². The molecular weight excluding hydrogens is 310 g/mol. The van der Waals surface area contributed by atoms with E-state index in [1.165, 1.54) is 6.42 Å². The number of aryl methyl sites for hydroxylation is 1. The Bertz CT molecular complexity index is 536. The molecule has 1 saturated heterocycles. The Balaban J connectivity index is 1.93. The number of guanidine groups is 1. The third-order valence-electron chi connectivity index (χ3n) is 3.84. The van der Waals surface area contributed by atoms with Gasteiger partial charge in [-0.3, -0.25) is 4.79 Å². The molecule has 1 aliphatic heterocycles. The van der Waals surface area contributed by atoms with Gasteiger partial charge in [-0.2, -0.15) is 0 Å². The summed E-state index contributed by atoms with van der Waals surface area (Å²) in [5, 5.41) is 6.38. The van der Waals surface area contributed by atoms with Gasteiger partial charge in [-0.1, -0.05) is 0 Å². The molecule has 0 saturated carbocycles. The van der Waals surface area contributed by atoms with Gasteiger partial charge in [0, 0.05) is 32.1 Å². The molecule has 0 atom stereocenters. The first kappa shape index (κ1) is 17.7. The Kier molecular flexibility index (Phi) is 6.83. The molecule has 0 unspecified atom stereocenters. The highest BCUT2D eigenvalue weighted by molar-refractivity contribution is 7.09. The number of amides is 1. The Morgan fingerprint density at radius 1 is 1.43 bits per heavy atom. The lowest BCUT2D eigenvalue weighted by Crippen LogP contribution is -2.41. The van der Waals surface area contributed by atoms with Crippen molar-refractivity contribution in [1.82, 2.24) is 20.1 Å². The van der Waals surface area contributed by atoms with Gasteiger partial charge in [0.05, 0.1) is 17.2 Å². The number of nitrogens with one attached hydrogen (secondary N) is 1. The number of piperidine rings is 1. The highest BCUT2D eigenvalue weighted by Crippen LogP contribution is 2.10. The molecule has 1 aliphatic rings. The number of nitrogens with zero attached hydrogens (tertiary/aromatic N) is 4. The summed E-state index contributed by atoms with van der Waals surface area (Å²) in [7, 11) is 1.97. The average Bonchev–Trinajstić information content (AvgIpc) is 2.96. The molecule has 7 heteroatoms. The van der Waals surface area contributed by atoms with E-state index in [1.54, 1.807) is 11.3 Å². The highest BCUT2D eigenvalue weighted by atomic mass is 32.1. The topological polar surface area (TPSA) is 60.8 Å². The van der Waals surface area contributed by atoms with E-state index < -0.39 is 0 Å². The number of aliphatic imine (C=N–C) groups is 1. The third-order valence-corrected chi connectivity index (χ3v) is 4.66. The fourth-order valence-electron chi connectivity index (χ4n) is 2.65. The number of carbonyl (C=O) groups is 1.